The van der Waals surface area contributed by atoms with Crippen molar-refractivity contribution in [1.82, 2.24) is 4.90 Å². The number of para-hydroxylation sites is 1. The molecule has 0 spiro atoms. The maximum absolute atomic E-state index is 5.88. The van der Waals surface area contributed by atoms with Crippen LogP contribution >= 0.6 is 0 Å². The molecule has 0 N–H and O–H groups in total. The van der Waals surface area contributed by atoms with Crippen LogP contribution in [0.5, 0.6) is 0 Å². The minimum atomic E-state index is 0.973. The standard InChI is InChI=1S/C13H15NO/c1-2-14-8-7-11-10-5-3-4-6-12(10)15-13(11)9-14/h3-6H,2,7-9H2,1H3. The molecule has 2 heterocycles. The lowest BCUT2D eigenvalue weighted by Gasteiger charge is -2.24. The van der Waals surface area contributed by atoms with Crippen molar-refractivity contribution >= 4 is 11.0 Å². The summed E-state index contributed by atoms with van der Waals surface area (Å²) in [5, 5.41) is 1.31. The van der Waals surface area contributed by atoms with Crippen molar-refractivity contribution in [3.05, 3.63) is 35.6 Å². The second-order valence-electron chi connectivity index (χ2n) is 4.12. The maximum atomic E-state index is 5.88. The van der Waals surface area contributed by atoms with Crippen LogP contribution in [0.2, 0.25) is 0 Å². The Labute approximate surface area is 89.5 Å². The molecule has 1 aliphatic heterocycles. The summed E-state index contributed by atoms with van der Waals surface area (Å²) in [6.07, 6.45) is 1.13. The average molecular weight is 201 g/mol. The molecular weight excluding hydrogens is 186 g/mol. The van der Waals surface area contributed by atoms with E-state index in [2.05, 4.69) is 30.0 Å². The highest BCUT2D eigenvalue weighted by molar-refractivity contribution is 5.82. The summed E-state index contributed by atoms with van der Waals surface area (Å²) in [7, 11) is 0. The summed E-state index contributed by atoms with van der Waals surface area (Å²) in [5.74, 6) is 1.17. The Morgan fingerprint density at radius 2 is 2.20 bits per heavy atom. The normalized spacial score (nSPS) is 16.9. The van der Waals surface area contributed by atoms with Crippen LogP contribution in [0, 0.1) is 0 Å². The fraction of sp³-hybridized carbons (Fsp3) is 0.385. The van der Waals surface area contributed by atoms with Gasteiger partial charge in [-0.2, -0.15) is 0 Å². The van der Waals surface area contributed by atoms with Crippen molar-refractivity contribution in [2.45, 2.75) is 19.9 Å². The van der Waals surface area contributed by atoms with E-state index < -0.39 is 0 Å². The van der Waals surface area contributed by atoms with E-state index in [-0.39, 0.29) is 0 Å². The number of rotatable bonds is 1. The third-order valence-corrected chi connectivity index (χ3v) is 3.27. The monoisotopic (exact) mass is 201 g/mol. The van der Waals surface area contributed by atoms with E-state index in [1.165, 1.54) is 16.7 Å². The summed E-state index contributed by atoms with van der Waals surface area (Å²) in [6, 6.07) is 8.35. The minimum Gasteiger partial charge on any atom is -0.459 e. The zero-order chi connectivity index (χ0) is 10.3. The fourth-order valence-corrected chi connectivity index (χ4v) is 2.37. The molecule has 0 unspecified atom stereocenters. The van der Waals surface area contributed by atoms with Crippen molar-refractivity contribution in [3.63, 3.8) is 0 Å². The highest BCUT2D eigenvalue weighted by Gasteiger charge is 2.20. The molecule has 1 aliphatic rings. The van der Waals surface area contributed by atoms with E-state index in [4.69, 9.17) is 4.42 Å². The SMILES string of the molecule is CCN1CCc2c(oc3ccccc23)C1. The van der Waals surface area contributed by atoms with E-state index in [1.54, 1.807) is 0 Å². The van der Waals surface area contributed by atoms with E-state index in [1.807, 2.05) is 6.07 Å². The molecule has 2 aromatic rings. The molecule has 0 fully saturated rings. The topological polar surface area (TPSA) is 16.4 Å². The third kappa shape index (κ3) is 1.37. The van der Waals surface area contributed by atoms with Gasteiger partial charge in [-0.3, -0.25) is 4.90 Å². The number of hydrogen-bond donors (Lipinski definition) is 0. The number of benzene rings is 1. The second-order valence-corrected chi connectivity index (χ2v) is 4.12. The second kappa shape index (κ2) is 3.38. The van der Waals surface area contributed by atoms with Gasteiger partial charge in [0.2, 0.25) is 0 Å². The quantitative estimate of drug-likeness (QED) is 0.705. The lowest BCUT2D eigenvalue weighted by Crippen LogP contribution is -2.29. The van der Waals surface area contributed by atoms with Gasteiger partial charge in [0, 0.05) is 17.5 Å². The number of likely N-dealkylation sites (N-methyl/N-ethyl adjacent to an activating group) is 1. The Morgan fingerprint density at radius 1 is 1.33 bits per heavy atom. The summed E-state index contributed by atoms with van der Waals surface area (Å²) in [6.45, 7) is 5.44. The van der Waals surface area contributed by atoms with Gasteiger partial charge >= 0.3 is 0 Å². The molecule has 3 rings (SSSR count). The number of fused-ring (bicyclic) bond motifs is 3. The molecular formula is C13H15NO. The van der Waals surface area contributed by atoms with Gasteiger partial charge in [0.25, 0.3) is 0 Å². The van der Waals surface area contributed by atoms with Crippen LogP contribution in [-0.2, 0) is 13.0 Å². The summed E-state index contributed by atoms with van der Waals surface area (Å²) in [5.41, 5.74) is 2.47. The predicted octanol–water partition coefficient (Wildman–Crippen LogP) is 2.81. The third-order valence-electron chi connectivity index (χ3n) is 3.27. The lowest BCUT2D eigenvalue weighted by molar-refractivity contribution is 0.243. The van der Waals surface area contributed by atoms with Crippen LogP contribution in [-0.4, -0.2) is 18.0 Å². The van der Waals surface area contributed by atoms with Gasteiger partial charge in [-0.1, -0.05) is 25.1 Å². The molecule has 0 aliphatic carbocycles. The fourth-order valence-electron chi connectivity index (χ4n) is 2.37. The minimum absolute atomic E-state index is 0.973. The van der Waals surface area contributed by atoms with Gasteiger partial charge in [0.05, 0.1) is 6.54 Å². The number of nitrogens with zero attached hydrogens (tertiary/aromatic N) is 1. The van der Waals surface area contributed by atoms with Crippen LogP contribution < -0.4 is 0 Å². The number of furan rings is 1. The summed E-state index contributed by atoms with van der Waals surface area (Å²) < 4.78 is 5.88. The summed E-state index contributed by atoms with van der Waals surface area (Å²) >= 11 is 0. The van der Waals surface area contributed by atoms with Gasteiger partial charge in [-0.05, 0) is 19.0 Å². The van der Waals surface area contributed by atoms with Gasteiger partial charge in [-0.15, -0.1) is 0 Å². The number of hydrogen-bond acceptors (Lipinski definition) is 2. The predicted molar refractivity (Wildman–Crippen MR) is 60.9 cm³/mol. The first-order valence-corrected chi connectivity index (χ1v) is 5.60. The molecule has 2 heteroatoms. The Bertz CT molecular complexity index is 486. The Balaban J connectivity index is 2.12. The van der Waals surface area contributed by atoms with Gasteiger partial charge in [-0.25, -0.2) is 0 Å². The molecule has 0 radical (unpaired) electrons. The molecule has 1 aromatic carbocycles. The molecule has 0 atom stereocenters. The molecule has 0 saturated heterocycles. The van der Waals surface area contributed by atoms with Crippen LogP contribution in [0.15, 0.2) is 28.7 Å². The highest BCUT2D eigenvalue weighted by Crippen LogP contribution is 2.29. The van der Waals surface area contributed by atoms with Gasteiger partial charge in [0.15, 0.2) is 0 Å². The Kier molecular flexibility index (Phi) is 2.03. The Hall–Kier alpha value is -1.28. The zero-order valence-corrected chi connectivity index (χ0v) is 8.99. The van der Waals surface area contributed by atoms with Crippen molar-refractivity contribution in [1.29, 1.82) is 0 Å². The first-order chi connectivity index (χ1) is 7.38. The molecule has 1 aromatic heterocycles. The largest absolute Gasteiger partial charge is 0.459 e. The smallest absolute Gasteiger partial charge is 0.134 e. The molecule has 0 saturated carbocycles. The molecule has 2 nitrogen and oxygen atoms in total. The van der Waals surface area contributed by atoms with Gasteiger partial charge in [0.1, 0.15) is 11.3 Å². The maximum Gasteiger partial charge on any atom is 0.134 e. The van der Waals surface area contributed by atoms with E-state index in [9.17, 15) is 0 Å². The molecule has 15 heavy (non-hydrogen) atoms. The Morgan fingerprint density at radius 3 is 3.07 bits per heavy atom. The molecule has 0 amide bonds. The molecule has 78 valence electrons. The van der Waals surface area contributed by atoms with E-state index in [0.717, 1.165) is 31.6 Å². The van der Waals surface area contributed by atoms with E-state index in [0.29, 0.717) is 0 Å². The van der Waals surface area contributed by atoms with Crippen LogP contribution in [0.1, 0.15) is 18.2 Å². The highest BCUT2D eigenvalue weighted by atomic mass is 16.3. The van der Waals surface area contributed by atoms with Crippen molar-refractivity contribution < 1.29 is 4.42 Å². The van der Waals surface area contributed by atoms with Crippen LogP contribution in [0.4, 0.5) is 0 Å². The summed E-state index contributed by atoms with van der Waals surface area (Å²) in [4.78, 5) is 2.42. The first-order valence-electron chi connectivity index (χ1n) is 5.60. The van der Waals surface area contributed by atoms with Crippen molar-refractivity contribution in [2.75, 3.05) is 13.1 Å². The van der Waals surface area contributed by atoms with E-state index >= 15 is 0 Å². The lowest BCUT2D eigenvalue weighted by atomic mass is 10.0. The van der Waals surface area contributed by atoms with Crippen molar-refractivity contribution in [3.8, 4) is 0 Å². The van der Waals surface area contributed by atoms with Crippen LogP contribution in [0.25, 0.3) is 11.0 Å². The van der Waals surface area contributed by atoms with Crippen molar-refractivity contribution in [2.24, 2.45) is 0 Å². The zero-order valence-electron chi connectivity index (χ0n) is 8.99. The van der Waals surface area contributed by atoms with Crippen LogP contribution in [0.3, 0.4) is 0 Å². The first kappa shape index (κ1) is 8.98. The molecule has 0 bridgehead atoms. The van der Waals surface area contributed by atoms with Gasteiger partial charge < -0.3 is 4.42 Å². The average Bonchev–Trinajstić information content (AvgIpc) is 2.66.